The predicted molar refractivity (Wildman–Crippen MR) is 57.0 cm³/mol. The van der Waals surface area contributed by atoms with E-state index in [1.165, 1.54) is 19.3 Å². The van der Waals surface area contributed by atoms with E-state index in [-0.39, 0.29) is 5.75 Å². The van der Waals surface area contributed by atoms with Crippen molar-refractivity contribution in [1.82, 2.24) is 5.32 Å². The first kappa shape index (κ1) is 9.34. The van der Waals surface area contributed by atoms with Crippen LogP contribution in [0.4, 0.5) is 5.69 Å². The Morgan fingerprint density at radius 1 is 1.43 bits per heavy atom. The van der Waals surface area contributed by atoms with E-state index in [2.05, 4.69) is 5.32 Å². The molecule has 3 heteroatoms. The minimum atomic E-state index is 0.179. The van der Waals surface area contributed by atoms with Crippen molar-refractivity contribution >= 4 is 5.69 Å². The summed E-state index contributed by atoms with van der Waals surface area (Å²) in [5.74, 6) is 0.179. The summed E-state index contributed by atoms with van der Waals surface area (Å²) in [5, 5.41) is 12.8. The van der Waals surface area contributed by atoms with Crippen molar-refractivity contribution in [3.05, 3.63) is 23.8 Å². The van der Waals surface area contributed by atoms with Gasteiger partial charge in [-0.25, -0.2) is 0 Å². The van der Waals surface area contributed by atoms with Crippen molar-refractivity contribution < 1.29 is 5.11 Å². The molecule has 1 saturated carbocycles. The molecule has 0 saturated heterocycles. The van der Waals surface area contributed by atoms with Gasteiger partial charge in [0, 0.05) is 12.6 Å². The van der Waals surface area contributed by atoms with Crippen LogP contribution in [0, 0.1) is 0 Å². The second-order valence-electron chi connectivity index (χ2n) is 3.90. The SMILES string of the molecule is Nc1ccc(CNC2CCC2)cc1O. The average Bonchev–Trinajstić information content (AvgIpc) is 2.08. The van der Waals surface area contributed by atoms with Crippen molar-refractivity contribution in [3.8, 4) is 5.75 Å². The van der Waals surface area contributed by atoms with Gasteiger partial charge in [-0.05, 0) is 30.5 Å². The van der Waals surface area contributed by atoms with E-state index in [4.69, 9.17) is 5.73 Å². The third-order valence-electron chi connectivity index (χ3n) is 2.79. The first-order chi connectivity index (χ1) is 6.75. The van der Waals surface area contributed by atoms with E-state index in [1.807, 2.05) is 6.07 Å². The fourth-order valence-electron chi connectivity index (χ4n) is 1.57. The normalized spacial score (nSPS) is 16.6. The molecule has 1 aromatic carbocycles. The van der Waals surface area contributed by atoms with E-state index in [0.29, 0.717) is 11.7 Å². The highest BCUT2D eigenvalue weighted by molar-refractivity contribution is 5.52. The molecule has 1 aromatic rings. The number of hydrogen-bond donors (Lipinski definition) is 3. The molecule has 0 atom stereocenters. The van der Waals surface area contributed by atoms with Crippen LogP contribution in [-0.2, 0) is 6.54 Å². The molecule has 0 heterocycles. The lowest BCUT2D eigenvalue weighted by molar-refractivity contribution is 0.338. The van der Waals surface area contributed by atoms with E-state index < -0.39 is 0 Å². The Hall–Kier alpha value is -1.22. The van der Waals surface area contributed by atoms with Crippen molar-refractivity contribution in [2.45, 2.75) is 31.8 Å². The number of nitrogens with one attached hydrogen (secondary N) is 1. The van der Waals surface area contributed by atoms with Crippen molar-refractivity contribution in [3.63, 3.8) is 0 Å². The molecule has 0 radical (unpaired) electrons. The van der Waals surface area contributed by atoms with Crippen molar-refractivity contribution in [2.24, 2.45) is 0 Å². The number of phenolic OH excluding ortho intramolecular Hbond substituents is 1. The van der Waals surface area contributed by atoms with Crippen LogP contribution in [0.15, 0.2) is 18.2 Å². The Kier molecular flexibility index (Phi) is 2.59. The minimum Gasteiger partial charge on any atom is -0.506 e. The lowest BCUT2D eigenvalue weighted by Gasteiger charge is -2.26. The quantitative estimate of drug-likeness (QED) is 0.504. The highest BCUT2D eigenvalue weighted by Gasteiger charge is 2.15. The molecule has 14 heavy (non-hydrogen) atoms. The van der Waals surface area contributed by atoms with Gasteiger partial charge in [0.1, 0.15) is 5.75 Å². The fourth-order valence-corrected chi connectivity index (χ4v) is 1.57. The van der Waals surface area contributed by atoms with Crippen molar-refractivity contribution in [1.29, 1.82) is 0 Å². The molecule has 0 bridgehead atoms. The first-order valence-electron chi connectivity index (χ1n) is 5.06. The van der Waals surface area contributed by atoms with Crippen LogP contribution in [0.1, 0.15) is 24.8 Å². The Bertz CT molecular complexity index is 321. The smallest absolute Gasteiger partial charge is 0.138 e. The Balaban J connectivity index is 1.91. The summed E-state index contributed by atoms with van der Waals surface area (Å²) < 4.78 is 0. The number of benzene rings is 1. The number of nitrogen functional groups attached to an aromatic ring is 1. The molecule has 3 nitrogen and oxygen atoms in total. The van der Waals surface area contributed by atoms with Crippen LogP contribution in [0.5, 0.6) is 5.75 Å². The number of hydrogen-bond acceptors (Lipinski definition) is 3. The number of aromatic hydroxyl groups is 1. The monoisotopic (exact) mass is 192 g/mol. The van der Waals surface area contributed by atoms with Gasteiger partial charge in [-0.2, -0.15) is 0 Å². The summed E-state index contributed by atoms with van der Waals surface area (Å²) in [7, 11) is 0. The van der Waals surface area contributed by atoms with Crippen LogP contribution in [-0.4, -0.2) is 11.1 Å². The highest BCUT2D eigenvalue weighted by atomic mass is 16.3. The first-order valence-corrected chi connectivity index (χ1v) is 5.06. The molecule has 0 spiro atoms. The summed E-state index contributed by atoms with van der Waals surface area (Å²) in [5.41, 5.74) is 7.04. The molecule has 0 unspecified atom stereocenters. The van der Waals surface area contributed by atoms with Gasteiger partial charge in [0.25, 0.3) is 0 Å². The number of phenols is 1. The molecule has 0 aliphatic heterocycles. The largest absolute Gasteiger partial charge is 0.506 e. The zero-order valence-electron chi connectivity index (χ0n) is 8.16. The summed E-state index contributed by atoms with van der Waals surface area (Å²) in [6.07, 6.45) is 3.90. The Morgan fingerprint density at radius 3 is 2.79 bits per heavy atom. The molecule has 2 rings (SSSR count). The molecule has 1 aliphatic rings. The number of anilines is 1. The van der Waals surface area contributed by atoms with Crippen LogP contribution >= 0.6 is 0 Å². The molecule has 0 amide bonds. The second kappa shape index (κ2) is 3.88. The van der Waals surface area contributed by atoms with Crippen LogP contribution in [0.3, 0.4) is 0 Å². The van der Waals surface area contributed by atoms with Gasteiger partial charge < -0.3 is 16.2 Å². The van der Waals surface area contributed by atoms with Crippen LogP contribution in [0.2, 0.25) is 0 Å². The molecular weight excluding hydrogens is 176 g/mol. The van der Waals surface area contributed by atoms with E-state index in [1.54, 1.807) is 12.1 Å². The van der Waals surface area contributed by atoms with Gasteiger partial charge in [0.15, 0.2) is 0 Å². The molecule has 1 fully saturated rings. The van der Waals surface area contributed by atoms with Crippen molar-refractivity contribution in [2.75, 3.05) is 5.73 Å². The topological polar surface area (TPSA) is 58.3 Å². The summed E-state index contributed by atoms with van der Waals surface area (Å²) >= 11 is 0. The van der Waals surface area contributed by atoms with Gasteiger partial charge in [-0.1, -0.05) is 12.5 Å². The van der Waals surface area contributed by atoms with Gasteiger partial charge in [0.2, 0.25) is 0 Å². The van der Waals surface area contributed by atoms with E-state index in [0.717, 1.165) is 12.1 Å². The lowest BCUT2D eigenvalue weighted by Crippen LogP contribution is -2.34. The maximum absolute atomic E-state index is 9.38. The molecule has 4 N–H and O–H groups in total. The Morgan fingerprint density at radius 2 is 2.21 bits per heavy atom. The van der Waals surface area contributed by atoms with E-state index >= 15 is 0 Å². The lowest BCUT2D eigenvalue weighted by atomic mass is 9.93. The Labute approximate surface area is 83.9 Å². The summed E-state index contributed by atoms with van der Waals surface area (Å²) in [6, 6.07) is 6.09. The van der Waals surface area contributed by atoms with E-state index in [9.17, 15) is 5.11 Å². The van der Waals surface area contributed by atoms with Gasteiger partial charge in [0.05, 0.1) is 5.69 Å². The number of rotatable bonds is 3. The fraction of sp³-hybridized carbons (Fsp3) is 0.455. The molecule has 0 aromatic heterocycles. The maximum Gasteiger partial charge on any atom is 0.138 e. The van der Waals surface area contributed by atoms with Gasteiger partial charge in [-0.3, -0.25) is 0 Å². The number of nitrogens with two attached hydrogens (primary N) is 1. The van der Waals surface area contributed by atoms with Gasteiger partial charge >= 0.3 is 0 Å². The van der Waals surface area contributed by atoms with Gasteiger partial charge in [-0.15, -0.1) is 0 Å². The summed E-state index contributed by atoms with van der Waals surface area (Å²) in [6.45, 7) is 0.818. The zero-order valence-corrected chi connectivity index (χ0v) is 8.16. The third-order valence-corrected chi connectivity index (χ3v) is 2.79. The molecular formula is C11H16N2O. The average molecular weight is 192 g/mol. The summed E-state index contributed by atoms with van der Waals surface area (Å²) in [4.78, 5) is 0. The maximum atomic E-state index is 9.38. The zero-order chi connectivity index (χ0) is 9.97. The predicted octanol–water partition coefficient (Wildman–Crippen LogP) is 1.62. The van der Waals surface area contributed by atoms with Crippen LogP contribution in [0.25, 0.3) is 0 Å². The minimum absolute atomic E-state index is 0.179. The molecule has 76 valence electrons. The van der Waals surface area contributed by atoms with Crippen LogP contribution < -0.4 is 11.1 Å². The highest BCUT2D eigenvalue weighted by Crippen LogP contribution is 2.22. The second-order valence-corrected chi connectivity index (χ2v) is 3.90. The molecule has 1 aliphatic carbocycles. The third kappa shape index (κ3) is 1.99. The standard InChI is InChI=1S/C11H16N2O/c12-10-5-4-8(6-11(10)14)7-13-9-2-1-3-9/h4-6,9,13-14H,1-3,7,12H2.